The second-order valence-electron chi connectivity index (χ2n) is 11.3. The van der Waals surface area contributed by atoms with Crippen LogP contribution in [0.2, 0.25) is 0 Å². The maximum Gasteiger partial charge on any atom is 0.243 e. The highest BCUT2D eigenvalue weighted by atomic mass is 32.2. The van der Waals surface area contributed by atoms with Crippen molar-refractivity contribution in [1.29, 1.82) is 0 Å². The first kappa shape index (κ1) is 28.0. The zero-order valence-corrected chi connectivity index (χ0v) is 21.7. The molecule has 0 spiro atoms. The van der Waals surface area contributed by atoms with Crippen LogP contribution in [0.4, 0.5) is 0 Å². The number of hydrogen-bond donors (Lipinski definition) is 2. The normalized spacial score (nSPS) is 20.2. The van der Waals surface area contributed by atoms with Gasteiger partial charge in [-0.15, -0.1) is 0 Å². The third-order valence-electron chi connectivity index (χ3n) is 5.66. The molecule has 0 aliphatic carbocycles. The summed E-state index contributed by atoms with van der Waals surface area (Å²) in [5, 5.41) is 2.73. The lowest BCUT2D eigenvalue weighted by Gasteiger charge is -2.36. The number of rotatable bonds is 12. The molecule has 1 saturated heterocycles. The molecule has 1 aliphatic rings. The maximum atomic E-state index is 12.8. The van der Waals surface area contributed by atoms with Crippen molar-refractivity contribution in [3.63, 3.8) is 0 Å². The fraction of sp³-hybridized carbons (Fsp3) is 0.864. The standard InChI is InChI=1S/C22H42BN3O4S/c1-19(2,9-10-21(5,6)30-12-11-22(7,23)24)25-16(27)14-20(3,4)26-17(28)13-15(31-8)18(26)29/h15H,9-14,23-24H2,1-8H3,(H,25,27). The first-order chi connectivity index (χ1) is 13.9. The third-order valence-corrected chi connectivity index (χ3v) is 6.59. The van der Waals surface area contributed by atoms with Gasteiger partial charge < -0.3 is 15.8 Å². The summed E-state index contributed by atoms with van der Waals surface area (Å²) in [7, 11) is 1.98. The van der Waals surface area contributed by atoms with Gasteiger partial charge in [-0.3, -0.25) is 19.3 Å². The van der Waals surface area contributed by atoms with Gasteiger partial charge in [-0.2, -0.15) is 11.8 Å². The SMILES string of the molecule is BC(C)(N)CCOC(C)(C)CCC(C)(C)NC(=O)CC(C)(C)N1C(=O)CC(SC)C1=O. The van der Waals surface area contributed by atoms with Crippen molar-refractivity contribution in [2.24, 2.45) is 5.73 Å². The van der Waals surface area contributed by atoms with E-state index in [-0.39, 0.29) is 46.9 Å². The molecule has 7 nitrogen and oxygen atoms in total. The molecule has 0 bridgehead atoms. The molecule has 1 heterocycles. The number of nitrogens with zero attached hydrogens (tertiary/aromatic N) is 1. The lowest BCUT2D eigenvalue weighted by atomic mass is 9.78. The zero-order chi connectivity index (χ0) is 24.3. The minimum atomic E-state index is -0.865. The summed E-state index contributed by atoms with van der Waals surface area (Å²) in [6.07, 6.45) is 4.37. The molecule has 3 N–H and O–H groups in total. The molecule has 2 atom stereocenters. The number of imide groups is 1. The van der Waals surface area contributed by atoms with Crippen molar-refractivity contribution >= 4 is 37.3 Å². The van der Waals surface area contributed by atoms with Crippen molar-refractivity contribution in [2.75, 3.05) is 12.9 Å². The van der Waals surface area contributed by atoms with Crippen LogP contribution < -0.4 is 11.1 Å². The van der Waals surface area contributed by atoms with Crippen molar-refractivity contribution in [3.8, 4) is 0 Å². The Labute approximate surface area is 193 Å². The molecule has 0 saturated carbocycles. The number of nitrogens with two attached hydrogens (primary N) is 1. The molecule has 31 heavy (non-hydrogen) atoms. The van der Waals surface area contributed by atoms with Gasteiger partial charge in [0.05, 0.1) is 16.4 Å². The maximum absolute atomic E-state index is 12.8. The predicted octanol–water partition coefficient (Wildman–Crippen LogP) is 1.81. The van der Waals surface area contributed by atoms with Gasteiger partial charge in [0.1, 0.15) is 7.85 Å². The first-order valence-corrected chi connectivity index (χ1v) is 12.3. The molecule has 3 amide bonds. The molecule has 0 radical (unpaired) electrons. The zero-order valence-electron chi connectivity index (χ0n) is 20.9. The van der Waals surface area contributed by atoms with E-state index in [1.165, 1.54) is 16.7 Å². The van der Waals surface area contributed by atoms with Crippen LogP contribution in [0, 0.1) is 0 Å². The van der Waals surface area contributed by atoms with E-state index in [0.717, 1.165) is 19.3 Å². The second-order valence-corrected chi connectivity index (χ2v) is 12.3. The Morgan fingerprint density at radius 2 is 1.74 bits per heavy atom. The van der Waals surface area contributed by atoms with Crippen LogP contribution in [0.5, 0.6) is 0 Å². The molecule has 0 aromatic rings. The molecular formula is C22H42BN3O4S. The Morgan fingerprint density at radius 3 is 2.23 bits per heavy atom. The molecule has 0 aromatic carbocycles. The van der Waals surface area contributed by atoms with Crippen LogP contribution in [0.1, 0.15) is 80.6 Å². The Bertz CT molecular complexity index is 674. The first-order valence-electron chi connectivity index (χ1n) is 11.0. The third kappa shape index (κ3) is 9.14. The number of thioether (sulfide) groups is 1. The Kier molecular flexibility index (Phi) is 9.26. The Morgan fingerprint density at radius 1 is 1.16 bits per heavy atom. The van der Waals surface area contributed by atoms with Crippen molar-refractivity contribution in [2.45, 2.75) is 108 Å². The second kappa shape index (κ2) is 10.3. The van der Waals surface area contributed by atoms with E-state index in [0.29, 0.717) is 6.61 Å². The summed E-state index contributed by atoms with van der Waals surface area (Å²) < 4.78 is 6.02. The van der Waals surface area contributed by atoms with Gasteiger partial charge in [-0.05, 0) is 72.5 Å². The number of ether oxygens (including phenoxy) is 1. The number of nitrogens with one attached hydrogen (secondary N) is 1. The van der Waals surface area contributed by atoms with E-state index in [2.05, 4.69) is 5.32 Å². The Hall–Kier alpha value is -1.06. The number of carbonyl (C=O) groups is 3. The van der Waals surface area contributed by atoms with Gasteiger partial charge in [-0.1, -0.05) is 6.92 Å². The molecule has 0 aromatic heterocycles. The van der Waals surface area contributed by atoms with Crippen LogP contribution >= 0.6 is 11.8 Å². The molecule has 1 fully saturated rings. The molecular weight excluding hydrogens is 413 g/mol. The lowest BCUT2D eigenvalue weighted by Crippen LogP contribution is -2.53. The van der Waals surface area contributed by atoms with Gasteiger partial charge in [0, 0.05) is 25.0 Å². The topological polar surface area (TPSA) is 102 Å². The molecule has 1 aliphatic heterocycles. The summed E-state index contributed by atoms with van der Waals surface area (Å²) in [5.74, 6) is -0.582. The van der Waals surface area contributed by atoms with Crippen LogP contribution in [0.25, 0.3) is 0 Å². The molecule has 2 unspecified atom stereocenters. The van der Waals surface area contributed by atoms with Crippen molar-refractivity contribution in [3.05, 3.63) is 0 Å². The minimum absolute atomic E-state index is 0.0699. The van der Waals surface area contributed by atoms with E-state index in [1.54, 1.807) is 13.8 Å². The predicted molar refractivity (Wildman–Crippen MR) is 130 cm³/mol. The summed E-state index contributed by atoms with van der Waals surface area (Å²) >= 11 is 1.38. The van der Waals surface area contributed by atoms with Crippen molar-refractivity contribution in [1.82, 2.24) is 10.2 Å². The average molecular weight is 455 g/mol. The van der Waals surface area contributed by atoms with Gasteiger partial charge in [0.15, 0.2) is 0 Å². The lowest BCUT2D eigenvalue weighted by molar-refractivity contribution is -0.145. The van der Waals surface area contributed by atoms with Gasteiger partial charge >= 0.3 is 0 Å². The largest absolute Gasteiger partial charge is 0.376 e. The van der Waals surface area contributed by atoms with Gasteiger partial charge in [-0.25, -0.2) is 0 Å². The number of hydrogen-bond acceptors (Lipinski definition) is 6. The van der Waals surface area contributed by atoms with E-state index in [9.17, 15) is 14.4 Å². The number of carbonyl (C=O) groups excluding carboxylic acids is 3. The van der Waals surface area contributed by atoms with Crippen molar-refractivity contribution < 1.29 is 19.1 Å². The fourth-order valence-corrected chi connectivity index (χ4v) is 4.27. The van der Waals surface area contributed by atoms with Crippen LogP contribution in [0.3, 0.4) is 0 Å². The highest BCUT2D eigenvalue weighted by molar-refractivity contribution is 8.00. The summed E-state index contributed by atoms with van der Waals surface area (Å²) in [5.41, 5.74) is 4.12. The monoisotopic (exact) mass is 455 g/mol. The van der Waals surface area contributed by atoms with E-state index >= 15 is 0 Å². The van der Waals surface area contributed by atoms with Crippen LogP contribution in [-0.4, -0.2) is 70.7 Å². The average Bonchev–Trinajstić information content (AvgIpc) is 2.85. The van der Waals surface area contributed by atoms with E-state index < -0.39 is 11.1 Å². The van der Waals surface area contributed by atoms with Gasteiger partial charge in [0.2, 0.25) is 17.7 Å². The highest BCUT2D eigenvalue weighted by Gasteiger charge is 2.46. The smallest absolute Gasteiger partial charge is 0.243 e. The van der Waals surface area contributed by atoms with Gasteiger partial charge in [0.25, 0.3) is 0 Å². The number of amides is 3. The molecule has 178 valence electrons. The fourth-order valence-electron chi connectivity index (χ4n) is 3.66. The summed E-state index contributed by atoms with van der Waals surface area (Å²) in [6.45, 7) is 14.2. The summed E-state index contributed by atoms with van der Waals surface area (Å²) in [4.78, 5) is 39.0. The molecule has 1 rings (SSSR count). The minimum Gasteiger partial charge on any atom is -0.376 e. The molecule has 9 heteroatoms. The quantitative estimate of drug-likeness (QED) is 0.344. The van der Waals surface area contributed by atoms with Crippen LogP contribution in [0.15, 0.2) is 0 Å². The van der Waals surface area contributed by atoms with Crippen LogP contribution in [-0.2, 0) is 19.1 Å². The number of likely N-dealkylation sites (tertiary alicyclic amines) is 1. The highest BCUT2D eigenvalue weighted by Crippen LogP contribution is 2.31. The Balaban J connectivity index is 2.61. The summed E-state index contributed by atoms with van der Waals surface area (Å²) in [6, 6.07) is 0. The van der Waals surface area contributed by atoms with E-state index in [4.69, 9.17) is 10.5 Å². The van der Waals surface area contributed by atoms with E-state index in [1.807, 2.05) is 48.7 Å².